The Bertz CT molecular complexity index is 984. The van der Waals surface area contributed by atoms with Crippen molar-refractivity contribution in [2.45, 2.75) is 32.2 Å². The molecule has 1 saturated heterocycles. The summed E-state index contributed by atoms with van der Waals surface area (Å²) in [5.41, 5.74) is 3.31. The summed E-state index contributed by atoms with van der Waals surface area (Å²) in [4.78, 5) is 15.4. The second kappa shape index (κ2) is 7.04. The van der Waals surface area contributed by atoms with Crippen molar-refractivity contribution in [1.82, 2.24) is 14.7 Å². The zero-order valence-corrected chi connectivity index (χ0v) is 15.5. The number of likely N-dealkylation sites (tertiary alicyclic amines) is 1. The SMILES string of the molecule is CCc1cccc(-c2nn(C3CCN(C)CC3)c(=O)c3ccccc23)c1. The fourth-order valence-electron chi connectivity index (χ4n) is 3.85. The van der Waals surface area contributed by atoms with E-state index in [-0.39, 0.29) is 11.6 Å². The van der Waals surface area contributed by atoms with Crippen LogP contribution in [0.4, 0.5) is 0 Å². The van der Waals surface area contributed by atoms with E-state index < -0.39 is 0 Å². The number of fused-ring (bicyclic) bond motifs is 1. The molecule has 4 nitrogen and oxygen atoms in total. The highest BCUT2D eigenvalue weighted by molar-refractivity contribution is 5.93. The third-order valence-corrected chi connectivity index (χ3v) is 5.47. The van der Waals surface area contributed by atoms with Gasteiger partial charge >= 0.3 is 0 Å². The summed E-state index contributed by atoms with van der Waals surface area (Å²) in [6.45, 7) is 4.17. The van der Waals surface area contributed by atoms with E-state index in [1.165, 1.54) is 5.56 Å². The Morgan fingerprint density at radius 3 is 2.50 bits per heavy atom. The third-order valence-electron chi connectivity index (χ3n) is 5.47. The monoisotopic (exact) mass is 347 g/mol. The number of piperidine rings is 1. The lowest BCUT2D eigenvalue weighted by atomic mass is 10.0. The lowest BCUT2D eigenvalue weighted by molar-refractivity contribution is 0.209. The molecule has 0 amide bonds. The molecule has 2 aromatic carbocycles. The standard InChI is InChI=1S/C22H25N3O/c1-3-16-7-6-8-17(15-16)21-19-9-4-5-10-20(19)22(26)25(23-21)18-11-13-24(2)14-12-18/h4-10,15,18H,3,11-14H2,1-2H3. The van der Waals surface area contributed by atoms with Gasteiger partial charge in [-0.25, -0.2) is 4.68 Å². The maximum atomic E-state index is 13.1. The van der Waals surface area contributed by atoms with E-state index >= 15 is 0 Å². The number of aryl methyl sites for hydroxylation is 1. The van der Waals surface area contributed by atoms with Crippen LogP contribution in [0.2, 0.25) is 0 Å². The van der Waals surface area contributed by atoms with E-state index in [1.54, 1.807) is 4.68 Å². The Hall–Kier alpha value is -2.46. The van der Waals surface area contributed by atoms with Crippen LogP contribution in [0.25, 0.3) is 22.0 Å². The number of aromatic nitrogens is 2. The molecule has 1 aromatic heterocycles. The van der Waals surface area contributed by atoms with Crippen molar-refractivity contribution >= 4 is 10.8 Å². The highest BCUT2D eigenvalue weighted by Gasteiger charge is 2.22. The first-order valence-corrected chi connectivity index (χ1v) is 9.47. The van der Waals surface area contributed by atoms with E-state index in [4.69, 9.17) is 5.10 Å². The molecule has 4 heteroatoms. The van der Waals surface area contributed by atoms with Gasteiger partial charge in [0.2, 0.25) is 0 Å². The van der Waals surface area contributed by atoms with Crippen LogP contribution in [0.15, 0.2) is 53.3 Å². The molecule has 0 spiro atoms. The first kappa shape index (κ1) is 17.0. The van der Waals surface area contributed by atoms with Crippen molar-refractivity contribution in [3.05, 3.63) is 64.4 Å². The van der Waals surface area contributed by atoms with E-state index in [1.807, 2.05) is 24.3 Å². The van der Waals surface area contributed by atoms with Crippen LogP contribution in [0.1, 0.15) is 31.4 Å². The van der Waals surface area contributed by atoms with Crippen molar-refractivity contribution in [2.24, 2.45) is 0 Å². The summed E-state index contributed by atoms with van der Waals surface area (Å²) in [5, 5.41) is 6.58. The molecule has 0 atom stereocenters. The Labute approximate surface area is 154 Å². The van der Waals surface area contributed by atoms with Gasteiger partial charge in [0.25, 0.3) is 5.56 Å². The van der Waals surface area contributed by atoms with Gasteiger partial charge in [-0.1, -0.05) is 43.3 Å². The fraction of sp³-hybridized carbons (Fsp3) is 0.364. The van der Waals surface area contributed by atoms with E-state index in [2.05, 4.69) is 43.1 Å². The molecular weight excluding hydrogens is 322 g/mol. The minimum atomic E-state index is 0.0329. The Morgan fingerprint density at radius 2 is 1.77 bits per heavy atom. The van der Waals surface area contributed by atoms with E-state index in [9.17, 15) is 4.79 Å². The second-order valence-electron chi connectivity index (χ2n) is 7.23. The molecule has 1 aliphatic rings. The quantitative estimate of drug-likeness (QED) is 0.721. The molecular formula is C22H25N3O. The smallest absolute Gasteiger partial charge is 0.274 e. The van der Waals surface area contributed by atoms with Crippen LogP contribution in [-0.2, 0) is 6.42 Å². The molecule has 26 heavy (non-hydrogen) atoms. The number of hydrogen-bond donors (Lipinski definition) is 0. The zero-order valence-electron chi connectivity index (χ0n) is 15.5. The molecule has 3 aromatic rings. The zero-order chi connectivity index (χ0) is 18.1. The van der Waals surface area contributed by atoms with Gasteiger partial charge in [-0.05, 0) is 57.1 Å². The maximum Gasteiger partial charge on any atom is 0.274 e. The number of benzene rings is 2. The van der Waals surface area contributed by atoms with Crippen molar-refractivity contribution in [3.63, 3.8) is 0 Å². The largest absolute Gasteiger partial charge is 0.306 e. The Balaban J connectivity index is 1.91. The van der Waals surface area contributed by atoms with Gasteiger partial charge in [0.15, 0.2) is 0 Å². The number of hydrogen-bond acceptors (Lipinski definition) is 3. The molecule has 0 radical (unpaired) electrons. The van der Waals surface area contributed by atoms with Crippen LogP contribution in [0.3, 0.4) is 0 Å². The second-order valence-corrected chi connectivity index (χ2v) is 7.23. The summed E-state index contributed by atoms with van der Waals surface area (Å²) in [6.07, 6.45) is 2.92. The van der Waals surface area contributed by atoms with Crippen LogP contribution in [0, 0.1) is 0 Å². The first-order chi connectivity index (χ1) is 12.7. The minimum absolute atomic E-state index is 0.0329. The molecule has 1 aliphatic heterocycles. The first-order valence-electron chi connectivity index (χ1n) is 9.47. The molecule has 0 bridgehead atoms. The average Bonchev–Trinajstić information content (AvgIpc) is 2.69. The number of rotatable bonds is 3. The van der Waals surface area contributed by atoms with Crippen molar-refractivity contribution < 1.29 is 0 Å². The van der Waals surface area contributed by atoms with E-state index in [0.717, 1.165) is 54.4 Å². The normalized spacial score (nSPS) is 16.2. The Morgan fingerprint density at radius 1 is 1.04 bits per heavy atom. The Kier molecular flexibility index (Phi) is 4.60. The highest BCUT2D eigenvalue weighted by Crippen LogP contribution is 2.28. The highest BCUT2D eigenvalue weighted by atomic mass is 16.1. The molecule has 0 saturated carbocycles. The number of nitrogens with zero attached hydrogens (tertiary/aromatic N) is 3. The van der Waals surface area contributed by atoms with Crippen molar-refractivity contribution in [3.8, 4) is 11.3 Å². The fourth-order valence-corrected chi connectivity index (χ4v) is 3.85. The maximum absolute atomic E-state index is 13.1. The summed E-state index contributed by atoms with van der Waals surface area (Å²) >= 11 is 0. The molecule has 4 rings (SSSR count). The summed E-state index contributed by atoms with van der Waals surface area (Å²) in [5.74, 6) is 0. The summed E-state index contributed by atoms with van der Waals surface area (Å²) in [7, 11) is 2.13. The molecule has 0 unspecified atom stereocenters. The summed E-state index contributed by atoms with van der Waals surface area (Å²) in [6, 6.07) is 16.5. The van der Waals surface area contributed by atoms with Crippen LogP contribution >= 0.6 is 0 Å². The molecule has 0 N–H and O–H groups in total. The van der Waals surface area contributed by atoms with Gasteiger partial charge < -0.3 is 4.90 Å². The topological polar surface area (TPSA) is 38.1 Å². The molecule has 1 fully saturated rings. The lowest BCUT2D eigenvalue weighted by Crippen LogP contribution is -2.36. The summed E-state index contributed by atoms with van der Waals surface area (Å²) < 4.78 is 1.75. The van der Waals surface area contributed by atoms with Crippen molar-refractivity contribution in [2.75, 3.05) is 20.1 Å². The van der Waals surface area contributed by atoms with Crippen molar-refractivity contribution in [1.29, 1.82) is 0 Å². The molecule has 0 aliphatic carbocycles. The predicted molar refractivity (Wildman–Crippen MR) is 107 cm³/mol. The van der Waals surface area contributed by atoms with E-state index in [0.29, 0.717) is 0 Å². The van der Waals surface area contributed by atoms with Crippen LogP contribution < -0.4 is 5.56 Å². The average molecular weight is 347 g/mol. The van der Waals surface area contributed by atoms with Gasteiger partial charge in [-0.3, -0.25) is 4.79 Å². The van der Waals surface area contributed by atoms with Gasteiger partial charge in [0, 0.05) is 10.9 Å². The van der Waals surface area contributed by atoms with Crippen LogP contribution in [-0.4, -0.2) is 34.8 Å². The minimum Gasteiger partial charge on any atom is -0.306 e. The van der Waals surface area contributed by atoms with Gasteiger partial charge in [-0.2, -0.15) is 5.10 Å². The van der Waals surface area contributed by atoms with Gasteiger partial charge in [0.05, 0.1) is 17.1 Å². The molecule has 2 heterocycles. The van der Waals surface area contributed by atoms with Gasteiger partial charge in [0.1, 0.15) is 0 Å². The lowest BCUT2D eigenvalue weighted by Gasteiger charge is -2.29. The third kappa shape index (κ3) is 3.06. The molecule has 134 valence electrons. The van der Waals surface area contributed by atoms with Gasteiger partial charge in [-0.15, -0.1) is 0 Å². The van der Waals surface area contributed by atoms with Crippen LogP contribution in [0.5, 0.6) is 0 Å². The predicted octanol–water partition coefficient (Wildman–Crippen LogP) is 3.89.